The molecule has 1 aliphatic rings. The van der Waals surface area contributed by atoms with Crippen molar-refractivity contribution in [3.8, 4) is 0 Å². The van der Waals surface area contributed by atoms with Crippen LogP contribution >= 0.6 is 0 Å². The van der Waals surface area contributed by atoms with Gasteiger partial charge in [-0.25, -0.2) is 0 Å². The van der Waals surface area contributed by atoms with Gasteiger partial charge in [-0.1, -0.05) is 5.16 Å². The number of aromatic nitrogens is 1. The Morgan fingerprint density at radius 1 is 1.43 bits per heavy atom. The van der Waals surface area contributed by atoms with Gasteiger partial charge < -0.3 is 9.84 Å². The summed E-state index contributed by atoms with van der Waals surface area (Å²) in [5, 5.41) is 9.13. The first-order valence-corrected chi connectivity index (χ1v) is 7.21. The Bertz CT molecular complexity index is 506. The fourth-order valence-electron chi connectivity index (χ4n) is 2.57. The van der Waals surface area contributed by atoms with Gasteiger partial charge in [0.05, 0.1) is 11.7 Å². The van der Waals surface area contributed by atoms with Gasteiger partial charge in [-0.2, -0.15) is 0 Å². The van der Waals surface area contributed by atoms with E-state index in [0.29, 0.717) is 5.88 Å². The first-order chi connectivity index (χ1) is 10.0. The number of hydrogen-bond donors (Lipinski definition) is 2. The number of piperidine rings is 1. The fraction of sp³-hybridized carbons (Fsp3) is 0.643. The lowest BCUT2D eigenvalue weighted by Crippen LogP contribution is -2.47. The van der Waals surface area contributed by atoms with Crippen molar-refractivity contribution in [3.05, 3.63) is 11.8 Å². The number of aryl methyl sites for hydroxylation is 1. The highest BCUT2D eigenvalue weighted by Crippen LogP contribution is 2.20. The molecule has 1 aliphatic heterocycles. The Labute approximate surface area is 124 Å². The Balaban J connectivity index is 1.85. The van der Waals surface area contributed by atoms with E-state index in [1.807, 2.05) is 6.92 Å². The smallest absolute Gasteiger partial charge is 0.243 e. The van der Waals surface area contributed by atoms with Crippen LogP contribution in [-0.2, 0) is 9.59 Å². The topological polar surface area (TPSA) is 87.5 Å². The fourth-order valence-corrected chi connectivity index (χ4v) is 2.57. The Kier molecular flexibility index (Phi) is 4.95. The Morgan fingerprint density at radius 3 is 2.62 bits per heavy atom. The third-order valence-corrected chi connectivity index (χ3v) is 3.95. The van der Waals surface area contributed by atoms with Gasteiger partial charge in [0.15, 0.2) is 0 Å². The van der Waals surface area contributed by atoms with E-state index in [1.54, 1.807) is 20.0 Å². The second kappa shape index (κ2) is 6.71. The molecule has 1 atom stereocenters. The van der Waals surface area contributed by atoms with Crippen LogP contribution in [0.15, 0.2) is 10.6 Å². The maximum atomic E-state index is 12.2. The quantitative estimate of drug-likeness (QED) is 0.856. The highest BCUT2D eigenvalue weighted by atomic mass is 16.5. The molecule has 2 amide bonds. The predicted octanol–water partition coefficient (Wildman–Crippen LogP) is 0.768. The molecule has 1 fully saturated rings. The summed E-state index contributed by atoms with van der Waals surface area (Å²) in [5.74, 6) is 0.386. The highest BCUT2D eigenvalue weighted by molar-refractivity contribution is 5.93. The molecule has 2 heterocycles. The number of nitrogens with zero attached hydrogens (tertiary/aromatic N) is 2. The molecule has 116 valence electrons. The zero-order chi connectivity index (χ0) is 15.4. The van der Waals surface area contributed by atoms with Crippen molar-refractivity contribution in [2.45, 2.75) is 32.7 Å². The van der Waals surface area contributed by atoms with E-state index in [-0.39, 0.29) is 23.8 Å². The number of rotatable bonds is 4. The van der Waals surface area contributed by atoms with Crippen LogP contribution in [0.25, 0.3) is 0 Å². The molecule has 0 radical (unpaired) electrons. The maximum absolute atomic E-state index is 12.2. The van der Waals surface area contributed by atoms with E-state index in [9.17, 15) is 9.59 Å². The van der Waals surface area contributed by atoms with Crippen molar-refractivity contribution in [1.82, 2.24) is 15.4 Å². The normalized spacial score (nSPS) is 18.2. The van der Waals surface area contributed by atoms with Crippen LogP contribution in [0.5, 0.6) is 0 Å². The highest BCUT2D eigenvalue weighted by Gasteiger charge is 2.29. The second-order valence-electron chi connectivity index (χ2n) is 5.42. The Morgan fingerprint density at radius 2 is 2.10 bits per heavy atom. The first kappa shape index (κ1) is 15.5. The number of carbonyl (C=O) groups is 2. The summed E-state index contributed by atoms with van der Waals surface area (Å²) in [4.78, 5) is 25.8. The maximum Gasteiger partial charge on any atom is 0.243 e. The van der Waals surface area contributed by atoms with Crippen molar-refractivity contribution in [2.24, 2.45) is 5.92 Å². The first-order valence-electron chi connectivity index (χ1n) is 7.21. The number of likely N-dealkylation sites (tertiary alicyclic amines) is 1. The van der Waals surface area contributed by atoms with Crippen LogP contribution in [0.3, 0.4) is 0 Å². The zero-order valence-electron chi connectivity index (χ0n) is 12.7. The molecule has 7 nitrogen and oxygen atoms in total. The lowest BCUT2D eigenvalue weighted by Gasteiger charge is -2.34. The average molecular weight is 294 g/mol. The predicted molar refractivity (Wildman–Crippen MR) is 77.7 cm³/mol. The summed E-state index contributed by atoms with van der Waals surface area (Å²) in [5.41, 5.74) is 0.726. The van der Waals surface area contributed by atoms with Gasteiger partial charge >= 0.3 is 0 Å². The zero-order valence-corrected chi connectivity index (χ0v) is 12.7. The van der Waals surface area contributed by atoms with E-state index < -0.39 is 0 Å². The number of carbonyl (C=O) groups excluding carboxylic acids is 2. The monoisotopic (exact) mass is 294 g/mol. The molecule has 0 bridgehead atoms. The number of anilines is 1. The molecule has 0 spiro atoms. The molecule has 0 aromatic carbocycles. The molecule has 1 aromatic rings. The molecule has 2 N–H and O–H groups in total. The van der Waals surface area contributed by atoms with Gasteiger partial charge in [0.1, 0.15) is 0 Å². The van der Waals surface area contributed by atoms with Crippen molar-refractivity contribution in [1.29, 1.82) is 0 Å². The summed E-state index contributed by atoms with van der Waals surface area (Å²) in [6, 6.07) is 1.42. The molecule has 0 aliphatic carbocycles. The van der Waals surface area contributed by atoms with Crippen LogP contribution < -0.4 is 10.6 Å². The van der Waals surface area contributed by atoms with E-state index >= 15 is 0 Å². The molecular weight excluding hydrogens is 272 g/mol. The molecule has 2 rings (SSSR count). The average Bonchev–Trinajstić information content (AvgIpc) is 2.90. The molecule has 21 heavy (non-hydrogen) atoms. The summed E-state index contributed by atoms with van der Waals surface area (Å²) >= 11 is 0. The third-order valence-electron chi connectivity index (χ3n) is 3.95. The standard InChI is InChI=1S/C14H22N4O3/c1-9-8-12(21-17-9)16-13(19)10(2)18-6-4-11(5-7-18)14(20)15-3/h8,10-11H,4-7H2,1-3H3,(H,15,20)(H,16,19). The van der Waals surface area contributed by atoms with Crippen molar-refractivity contribution in [3.63, 3.8) is 0 Å². The SMILES string of the molecule is CNC(=O)C1CCN(C(C)C(=O)Nc2cc(C)no2)CC1. The number of nitrogens with one attached hydrogen (secondary N) is 2. The summed E-state index contributed by atoms with van der Waals surface area (Å²) in [6.07, 6.45) is 1.55. The van der Waals surface area contributed by atoms with Gasteiger partial charge in [0.2, 0.25) is 17.7 Å². The van der Waals surface area contributed by atoms with Gasteiger partial charge in [-0.3, -0.25) is 19.8 Å². The molecule has 1 saturated heterocycles. The summed E-state index contributed by atoms with van der Waals surface area (Å²) in [6.45, 7) is 5.13. The number of hydrogen-bond acceptors (Lipinski definition) is 5. The molecule has 0 saturated carbocycles. The lowest BCUT2D eigenvalue weighted by molar-refractivity contribution is -0.126. The molecule has 1 unspecified atom stereocenters. The van der Waals surface area contributed by atoms with E-state index in [0.717, 1.165) is 31.6 Å². The van der Waals surface area contributed by atoms with Crippen LogP contribution in [-0.4, -0.2) is 48.0 Å². The van der Waals surface area contributed by atoms with Gasteiger partial charge in [0.25, 0.3) is 0 Å². The van der Waals surface area contributed by atoms with Gasteiger partial charge in [0, 0.05) is 19.0 Å². The third kappa shape index (κ3) is 3.81. The van der Waals surface area contributed by atoms with Crippen molar-refractivity contribution < 1.29 is 14.1 Å². The van der Waals surface area contributed by atoms with Crippen LogP contribution in [0, 0.1) is 12.8 Å². The minimum Gasteiger partial charge on any atom is -0.359 e. The summed E-state index contributed by atoms with van der Waals surface area (Å²) in [7, 11) is 1.66. The van der Waals surface area contributed by atoms with Gasteiger partial charge in [-0.05, 0) is 39.8 Å². The van der Waals surface area contributed by atoms with E-state index in [1.165, 1.54) is 0 Å². The summed E-state index contributed by atoms with van der Waals surface area (Å²) < 4.78 is 4.98. The number of amides is 2. The van der Waals surface area contributed by atoms with Crippen LogP contribution in [0.4, 0.5) is 5.88 Å². The van der Waals surface area contributed by atoms with E-state index in [4.69, 9.17) is 4.52 Å². The van der Waals surface area contributed by atoms with Crippen LogP contribution in [0.1, 0.15) is 25.5 Å². The van der Waals surface area contributed by atoms with Crippen LogP contribution in [0.2, 0.25) is 0 Å². The largest absolute Gasteiger partial charge is 0.359 e. The molecular formula is C14H22N4O3. The lowest BCUT2D eigenvalue weighted by atomic mass is 9.95. The minimum absolute atomic E-state index is 0.0541. The van der Waals surface area contributed by atoms with Crippen molar-refractivity contribution >= 4 is 17.7 Å². The Hall–Kier alpha value is -1.89. The molecule has 1 aromatic heterocycles. The van der Waals surface area contributed by atoms with Crippen molar-refractivity contribution in [2.75, 3.05) is 25.5 Å². The molecule has 7 heteroatoms. The second-order valence-corrected chi connectivity index (χ2v) is 5.42. The van der Waals surface area contributed by atoms with E-state index in [2.05, 4.69) is 20.7 Å². The minimum atomic E-state index is -0.263. The van der Waals surface area contributed by atoms with Gasteiger partial charge in [-0.15, -0.1) is 0 Å².